The van der Waals surface area contributed by atoms with E-state index in [0.717, 1.165) is 17.1 Å². The van der Waals surface area contributed by atoms with Crippen molar-refractivity contribution in [2.75, 3.05) is 13.7 Å². The minimum atomic E-state index is 0.508. The monoisotopic (exact) mass is 206 g/mol. The van der Waals surface area contributed by atoms with Crippen molar-refractivity contribution in [3.05, 3.63) is 30.3 Å². The number of ether oxygens (including phenoxy) is 2. The van der Waals surface area contributed by atoms with Crippen molar-refractivity contribution in [3.8, 4) is 11.5 Å². The molecule has 1 aromatic carbocycles. The van der Waals surface area contributed by atoms with Crippen LogP contribution in [0, 0.1) is 5.92 Å². The van der Waals surface area contributed by atoms with Crippen molar-refractivity contribution in [1.82, 2.24) is 0 Å². The molecule has 1 aromatic rings. The maximum atomic E-state index is 5.68. The standard InChI is InChI=1S/C13H18O2/c1-5-11-6-7-12(14-4)8-13(11)15-9-10(2)3/h5-8,10H,1,9H2,2-4H3. The third-order valence-electron chi connectivity index (χ3n) is 2.01. The summed E-state index contributed by atoms with van der Waals surface area (Å²) in [4.78, 5) is 0. The fourth-order valence-corrected chi connectivity index (χ4v) is 1.19. The predicted molar refractivity (Wildman–Crippen MR) is 63.4 cm³/mol. The first-order valence-corrected chi connectivity index (χ1v) is 5.10. The van der Waals surface area contributed by atoms with Crippen LogP contribution in [0.2, 0.25) is 0 Å². The topological polar surface area (TPSA) is 18.5 Å². The first-order valence-electron chi connectivity index (χ1n) is 5.10. The smallest absolute Gasteiger partial charge is 0.130 e. The minimum Gasteiger partial charge on any atom is -0.497 e. The average Bonchev–Trinajstić information content (AvgIpc) is 2.25. The highest BCUT2D eigenvalue weighted by Crippen LogP contribution is 2.25. The second-order valence-corrected chi connectivity index (χ2v) is 3.81. The Labute approximate surface area is 91.5 Å². The van der Waals surface area contributed by atoms with Gasteiger partial charge in [-0.05, 0) is 18.1 Å². The van der Waals surface area contributed by atoms with Crippen LogP contribution < -0.4 is 9.47 Å². The molecule has 0 unspecified atom stereocenters. The van der Waals surface area contributed by atoms with Crippen LogP contribution in [0.25, 0.3) is 6.08 Å². The number of rotatable bonds is 5. The van der Waals surface area contributed by atoms with E-state index in [1.807, 2.05) is 18.2 Å². The van der Waals surface area contributed by atoms with E-state index in [4.69, 9.17) is 9.47 Å². The van der Waals surface area contributed by atoms with Crippen molar-refractivity contribution >= 4 is 6.08 Å². The molecule has 0 saturated heterocycles. The van der Waals surface area contributed by atoms with E-state index in [9.17, 15) is 0 Å². The average molecular weight is 206 g/mol. The molecule has 0 aromatic heterocycles. The number of hydrogen-bond acceptors (Lipinski definition) is 2. The summed E-state index contributed by atoms with van der Waals surface area (Å²) in [5.74, 6) is 2.14. The van der Waals surface area contributed by atoms with Gasteiger partial charge in [-0.2, -0.15) is 0 Å². The Morgan fingerprint density at radius 1 is 1.40 bits per heavy atom. The quantitative estimate of drug-likeness (QED) is 0.735. The highest BCUT2D eigenvalue weighted by molar-refractivity contribution is 5.57. The first-order chi connectivity index (χ1) is 7.17. The van der Waals surface area contributed by atoms with E-state index in [1.165, 1.54) is 0 Å². The van der Waals surface area contributed by atoms with E-state index in [2.05, 4.69) is 20.4 Å². The third-order valence-corrected chi connectivity index (χ3v) is 2.01. The zero-order valence-electron chi connectivity index (χ0n) is 9.62. The predicted octanol–water partition coefficient (Wildman–Crippen LogP) is 3.37. The van der Waals surface area contributed by atoms with Gasteiger partial charge < -0.3 is 9.47 Å². The van der Waals surface area contributed by atoms with Crippen molar-refractivity contribution < 1.29 is 9.47 Å². The van der Waals surface area contributed by atoms with Crippen molar-refractivity contribution in [2.24, 2.45) is 5.92 Å². The lowest BCUT2D eigenvalue weighted by Gasteiger charge is -2.12. The van der Waals surface area contributed by atoms with Gasteiger partial charge in [0.1, 0.15) is 11.5 Å². The molecule has 0 amide bonds. The van der Waals surface area contributed by atoms with Gasteiger partial charge in [-0.15, -0.1) is 0 Å². The number of hydrogen-bond donors (Lipinski definition) is 0. The Hall–Kier alpha value is -1.44. The summed E-state index contributed by atoms with van der Waals surface area (Å²) >= 11 is 0. The second-order valence-electron chi connectivity index (χ2n) is 3.81. The van der Waals surface area contributed by atoms with Gasteiger partial charge in [0, 0.05) is 11.6 Å². The molecular weight excluding hydrogens is 188 g/mol. The minimum absolute atomic E-state index is 0.508. The van der Waals surface area contributed by atoms with Crippen LogP contribution in [0.1, 0.15) is 19.4 Å². The molecule has 0 bridgehead atoms. The Morgan fingerprint density at radius 3 is 2.67 bits per heavy atom. The van der Waals surface area contributed by atoms with Crippen LogP contribution in [0.5, 0.6) is 11.5 Å². The van der Waals surface area contributed by atoms with Gasteiger partial charge in [0.2, 0.25) is 0 Å². The van der Waals surface area contributed by atoms with Crippen LogP contribution in [0.3, 0.4) is 0 Å². The summed E-state index contributed by atoms with van der Waals surface area (Å²) < 4.78 is 10.8. The lowest BCUT2D eigenvalue weighted by atomic mass is 10.2. The first kappa shape index (κ1) is 11.6. The summed E-state index contributed by atoms with van der Waals surface area (Å²) in [6, 6.07) is 5.74. The molecule has 0 aliphatic rings. The summed E-state index contributed by atoms with van der Waals surface area (Å²) in [5, 5.41) is 0. The fourth-order valence-electron chi connectivity index (χ4n) is 1.19. The van der Waals surface area contributed by atoms with Crippen LogP contribution in [0.15, 0.2) is 24.8 Å². The maximum Gasteiger partial charge on any atom is 0.130 e. The van der Waals surface area contributed by atoms with Crippen LogP contribution in [-0.2, 0) is 0 Å². The molecular formula is C13H18O2. The third kappa shape index (κ3) is 3.31. The largest absolute Gasteiger partial charge is 0.497 e. The molecule has 0 aliphatic heterocycles. The van der Waals surface area contributed by atoms with Crippen molar-refractivity contribution in [3.63, 3.8) is 0 Å². The van der Waals surface area contributed by atoms with E-state index in [1.54, 1.807) is 13.2 Å². The van der Waals surface area contributed by atoms with Crippen LogP contribution in [-0.4, -0.2) is 13.7 Å². The fraction of sp³-hybridized carbons (Fsp3) is 0.385. The molecule has 0 aliphatic carbocycles. The highest BCUT2D eigenvalue weighted by Gasteiger charge is 2.04. The summed E-state index contributed by atoms with van der Waals surface area (Å²) in [7, 11) is 1.65. The van der Waals surface area contributed by atoms with Gasteiger partial charge in [0.05, 0.1) is 13.7 Å². The van der Waals surface area contributed by atoms with Gasteiger partial charge >= 0.3 is 0 Å². The summed E-state index contributed by atoms with van der Waals surface area (Å²) in [6.45, 7) is 8.69. The molecule has 0 radical (unpaired) electrons. The zero-order valence-corrected chi connectivity index (χ0v) is 9.62. The Bertz CT molecular complexity index is 329. The maximum absolute atomic E-state index is 5.68. The van der Waals surface area contributed by atoms with E-state index in [-0.39, 0.29) is 0 Å². The Morgan fingerprint density at radius 2 is 2.13 bits per heavy atom. The molecule has 1 rings (SSSR count). The Balaban J connectivity index is 2.86. The van der Waals surface area contributed by atoms with Crippen LogP contribution in [0.4, 0.5) is 0 Å². The summed E-state index contributed by atoms with van der Waals surface area (Å²) in [6.07, 6.45) is 1.79. The molecule has 0 heterocycles. The highest BCUT2D eigenvalue weighted by atomic mass is 16.5. The van der Waals surface area contributed by atoms with Crippen molar-refractivity contribution in [2.45, 2.75) is 13.8 Å². The Kier molecular flexibility index (Phi) is 4.22. The van der Waals surface area contributed by atoms with Gasteiger partial charge in [-0.3, -0.25) is 0 Å². The molecule has 15 heavy (non-hydrogen) atoms. The molecule has 0 spiro atoms. The molecule has 0 fully saturated rings. The lowest BCUT2D eigenvalue weighted by molar-refractivity contribution is 0.269. The molecule has 2 nitrogen and oxygen atoms in total. The molecule has 0 saturated carbocycles. The molecule has 0 N–H and O–H groups in total. The van der Waals surface area contributed by atoms with Gasteiger partial charge in [0.15, 0.2) is 0 Å². The van der Waals surface area contributed by atoms with Gasteiger partial charge in [-0.25, -0.2) is 0 Å². The lowest BCUT2D eigenvalue weighted by Crippen LogP contribution is -2.05. The molecule has 0 atom stereocenters. The van der Waals surface area contributed by atoms with Crippen LogP contribution >= 0.6 is 0 Å². The number of benzene rings is 1. The van der Waals surface area contributed by atoms with Crippen molar-refractivity contribution in [1.29, 1.82) is 0 Å². The SMILES string of the molecule is C=Cc1ccc(OC)cc1OCC(C)C. The summed E-state index contributed by atoms with van der Waals surface area (Å²) in [5.41, 5.74) is 0.997. The van der Waals surface area contributed by atoms with E-state index >= 15 is 0 Å². The van der Waals surface area contributed by atoms with Gasteiger partial charge in [0.25, 0.3) is 0 Å². The van der Waals surface area contributed by atoms with E-state index in [0.29, 0.717) is 12.5 Å². The van der Waals surface area contributed by atoms with Gasteiger partial charge in [-0.1, -0.05) is 26.5 Å². The van der Waals surface area contributed by atoms with E-state index < -0.39 is 0 Å². The zero-order chi connectivity index (χ0) is 11.3. The molecule has 2 heteroatoms. The number of methoxy groups -OCH3 is 1. The second kappa shape index (κ2) is 5.44. The molecule has 82 valence electrons. The normalized spacial score (nSPS) is 10.1.